The van der Waals surface area contributed by atoms with E-state index in [1.54, 1.807) is 29.1 Å². The number of fused-ring (bicyclic) bond motifs is 1. The SMILES string of the molecule is CC(C)CC(C(=O)Cc1nccs1)n1cc2cc(O)ccc2n1. The van der Waals surface area contributed by atoms with Crippen LogP contribution in [0.4, 0.5) is 0 Å². The molecular weight excluding hydrogens is 310 g/mol. The first-order valence-corrected chi connectivity index (χ1v) is 8.50. The quantitative estimate of drug-likeness (QED) is 0.750. The highest BCUT2D eigenvalue weighted by molar-refractivity contribution is 7.09. The molecule has 1 unspecified atom stereocenters. The van der Waals surface area contributed by atoms with Crippen molar-refractivity contribution >= 4 is 28.0 Å². The van der Waals surface area contributed by atoms with Crippen molar-refractivity contribution in [3.63, 3.8) is 0 Å². The molecule has 1 atom stereocenters. The highest BCUT2D eigenvalue weighted by Crippen LogP contribution is 2.25. The van der Waals surface area contributed by atoms with Crippen molar-refractivity contribution in [1.29, 1.82) is 0 Å². The van der Waals surface area contributed by atoms with Crippen molar-refractivity contribution in [3.8, 4) is 5.75 Å². The van der Waals surface area contributed by atoms with Gasteiger partial charge in [-0.1, -0.05) is 13.8 Å². The van der Waals surface area contributed by atoms with Crippen molar-refractivity contribution in [2.24, 2.45) is 5.92 Å². The van der Waals surface area contributed by atoms with Crippen LogP contribution in [-0.4, -0.2) is 25.7 Å². The Hall–Kier alpha value is -2.21. The van der Waals surface area contributed by atoms with E-state index in [0.29, 0.717) is 12.3 Å². The molecular formula is C17H19N3O2S. The fourth-order valence-electron chi connectivity index (χ4n) is 2.63. The number of hydrogen-bond acceptors (Lipinski definition) is 5. The standard InChI is InChI=1S/C17H19N3O2S/c1-11(2)7-15(16(22)9-17-18-5-6-23-17)20-10-12-8-13(21)3-4-14(12)19-20/h3-6,8,10-11,15,21H,7,9H2,1-2H3. The van der Waals surface area contributed by atoms with Gasteiger partial charge in [0.1, 0.15) is 11.8 Å². The number of rotatable bonds is 6. The predicted molar refractivity (Wildman–Crippen MR) is 90.7 cm³/mol. The van der Waals surface area contributed by atoms with Crippen molar-refractivity contribution in [3.05, 3.63) is 41.0 Å². The number of Topliss-reactive ketones (excluding diaryl/α,β-unsaturated/α-hetero) is 1. The fraction of sp³-hybridized carbons (Fsp3) is 0.353. The van der Waals surface area contributed by atoms with Gasteiger partial charge in [0.15, 0.2) is 5.78 Å². The molecule has 0 saturated carbocycles. The number of carbonyl (C=O) groups is 1. The minimum Gasteiger partial charge on any atom is -0.508 e. The number of aromatic hydroxyl groups is 1. The van der Waals surface area contributed by atoms with E-state index in [2.05, 4.69) is 23.9 Å². The lowest BCUT2D eigenvalue weighted by Crippen LogP contribution is -2.23. The Morgan fingerprint density at radius 1 is 1.39 bits per heavy atom. The monoisotopic (exact) mass is 329 g/mol. The summed E-state index contributed by atoms with van der Waals surface area (Å²) in [6.07, 6.45) is 4.61. The minimum atomic E-state index is -0.312. The molecule has 3 rings (SSSR count). The Bertz CT molecular complexity index is 808. The van der Waals surface area contributed by atoms with Crippen LogP contribution in [0.3, 0.4) is 0 Å². The maximum absolute atomic E-state index is 12.7. The van der Waals surface area contributed by atoms with Crippen LogP contribution in [0.25, 0.3) is 10.9 Å². The number of nitrogens with zero attached hydrogens (tertiary/aromatic N) is 3. The third kappa shape index (κ3) is 3.59. The van der Waals surface area contributed by atoms with Crippen LogP contribution in [0.15, 0.2) is 36.0 Å². The van der Waals surface area contributed by atoms with Crippen LogP contribution in [0.5, 0.6) is 5.75 Å². The number of carbonyl (C=O) groups excluding carboxylic acids is 1. The van der Waals surface area contributed by atoms with Gasteiger partial charge in [0.2, 0.25) is 0 Å². The van der Waals surface area contributed by atoms with Gasteiger partial charge < -0.3 is 5.11 Å². The van der Waals surface area contributed by atoms with Crippen molar-refractivity contribution in [2.45, 2.75) is 32.7 Å². The Balaban J connectivity index is 1.91. The molecule has 3 aromatic rings. The van der Waals surface area contributed by atoms with Crippen LogP contribution in [-0.2, 0) is 11.2 Å². The van der Waals surface area contributed by atoms with Gasteiger partial charge in [-0.15, -0.1) is 11.3 Å². The summed E-state index contributed by atoms with van der Waals surface area (Å²) in [5, 5.41) is 17.7. The Kier molecular flexibility index (Phi) is 4.43. The molecule has 0 saturated heterocycles. The van der Waals surface area contributed by atoms with Gasteiger partial charge in [-0.05, 0) is 30.5 Å². The number of aromatic nitrogens is 3. The number of ketones is 1. The second-order valence-corrected chi connectivity index (χ2v) is 7.05. The summed E-state index contributed by atoms with van der Waals surface area (Å²) in [5.41, 5.74) is 0.776. The smallest absolute Gasteiger partial charge is 0.164 e. The third-order valence-corrected chi connectivity index (χ3v) is 4.48. The van der Waals surface area contributed by atoms with Crippen LogP contribution < -0.4 is 0 Å². The molecule has 1 aromatic carbocycles. The summed E-state index contributed by atoms with van der Waals surface area (Å²) in [4.78, 5) is 16.9. The molecule has 6 heteroatoms. The fourth-order valence-corrected chi connectivity index (χ4v) is 3.26. The average molecular weight is 329 g/mol. The number of phenolic OH excluding ortho intramolecular Hbond substituents is 1. The Labute approximate surface area is 138 Å². The number of benzene rings is 1. The van der Waals surface area contributed by atoms with E-state index in [4.69, 9.17) is 0 Å². The first-order valence-electron chi connectivity index (χ1n) is 7.62. The van der Waals surface area contributed by atoms with Gasteiger partial charge >= 0.3 is 0 Å². The Morgan fingerprint density at radius 3 is 2.91 bits per heavy atom. The summed E-state index contributed by atoms with van der Waals surface area (Å²) < 4.78 is 1.74. The van der Waals surface area contributed by atoms with Gasteiger partial charge in [0.05, 0.1) is 16.9 Å². The molecule has 0 aliphatic carbocycles. The Morgan fingerprint density at radius 2 is 2.22 bits per heavy atom. The van der Waals surface area contributed by atoms with E-state index in [1.165, 1.54) is 11.3 Å². The van der Waals surface area contributed by atoms with Crippen LogP contribution in [0.1, 0.15) is 31.3 Å². The molecule has 120 valence electrons. The lowest BCUT2D eigenvalue weighted by Gasteiger charge is -2.18. The van der Waals surface area contributed by atoms with Crippen LogP contribution in [0.2, 0.25) is 0 Å². The second-order valence-electron chi connectivity index (χ2n) is 6.07. The van der Waals surface area contributed by atoms with E-state index in [-0.39, 0.29) is 17.6 Å². The highest BCUT2D eigenvalue weighted by atomic mass is 32.1. The largest absolute Gasteiger partial charge is 0.508 e. The molecule has 2 heterocycles. The van der Waals surface area contributed by atoms with Crippen molar-refractivity contribution in [2.75, 3.05) is 0 Å². The van der Waals surface area contributed by atoms with Crippen LogP contribution in [0, 0.1) is 5.92 Å². The molecule has 0 aliphatic rings. The lowest BCUT2D eigenvalue weighted by molar-refractivity contribution is -0.122. The third-order valence-electron chi connectivity index (χ3n) is 3.70. The molecule has 5 nitrogen and oxygen atoms in total. The number of hydrogen-bond donors (Lipinski definition) is 1. The van der Waals surface area contributed by atoms with Gasteiger partial charge in [0.25, 0.3) is 0 Å². The molecule has 0 aliphatic heterocycles. The lowest BCUT2D eigenvalue weighted by atomic mass is 9.99. The molecule has 23 heavy (non-hydrogen) atoms. The first kappa shape index (κ1) is 15.7. The zero-order valence-electron chi connectivity index (χ0n) is 13.1. The van der Waals surface area contributed by atoms with E-state index in [1.807, 2.05) is 11.6 Å². The normalized spacial score (nSPS) is 12.8. The van der Waals surface area contributed by atoms with E-state index < -0.39 is 0 Å². The number of phenols is 1. The molecule has 0 radical (unpaired) electrons. The molecule has 0 spiro atoms. The maximum atomic E-state index is 12.7. The van der Waals surface area contributed by atoms with E-state index in [0.717, 1.165) is 22.3 Å². The van der Waals surface area contributed by atoms with Crippen LogP contribution >= 0.6 is 11.3 Å². The summed E-state index contributed by atoms with van der Waals surface area (Å²) >= 11 is 1.50. The molecule has 2 aromatic heterocycles. The van der Waals surface area contributed by atoms with Crippen molar-refractivity contribution < 1.29 is 9.90 Å². The minimum absolute atomic E-state index is 0.116. The summed E-state index contributed by atoms with van der Waals surface area (Å²) in [6, 6.07) is 4.72. The summed E-state index contributed by atoms with van der Waals surface area (Å²) in [7, 11) is 0. The van der Waals surface area contributed by atoms with Gasteiger partial charge in [-0.25, -0.2) is 4.98 Å². The topological polar surface area (TPSA) is 68.0 Å². The van der Waals surface area contributed by atoms with E-state index in [9.17, 15) is 9.90 Å². The zero-order chi connectivity index (χ0) is 16.4. The molecule has 0 fully saturated rings. The van der Waals surface area contributed by atoms with Gasteiger partial charge in [-0.2, -0.15) is 5.10 Å². The molecule has 0 bridgehead atoms. The second kappa shape index (κ2) is 6.50. The average Bonchev–Trinajstić information content (AvgIpc) is 3.13. The van der Waals surface area contributed by atoms with E-state index >= 15 is 0 Å². The maximum Gasteiger partial charge on any atom is 0.164 e. The number of thiazole rings is 1. The van der Waals surface area contributed by atoms with Gasteiger partial charge in [-0.3, -0.25) is 9.48 Å². The molecule has 1 N–H and O–H groups in total. The molecule has 0 amide bonds. The summed E-state index contributed by atoms with van der Waals surface area (Å²) in [6.45, 7) is 4.19. The first-order chi connectivity index (χ1) is 11.0. The van der Waals surface area contributed by atoms with Gasteiger partial charge in [0, 0.05) is 23.2 Å². The predicted octanol–water partition coefficient (Wildman–Crippen LogP) is 3.60. The summed E-state index contributed by atoms with van der Waals surface area (Å²) in [5.74, 6) is 0.693. The highest BCUT2D eigenvalue weighted by Gasteiger charge is 2.23. The van der Waals surface area contributed by atoms with Crippen molar-refractivity contribution in [1.82, 2.24) is 14.8 Å². The zero-order valence-corrected chi connectivity index (χ0v) is 14.0.